The Morgan fingerprint density at radius 3 is 2.60 bits per heavy atom. The van der Waals surface area contributed by atoms with Crippen molar-refractivity contribution >= 4 is 38.7 Å². The lowest BCUT2D eigenvalue weighted by molar-refractivity contribution is 0.0644. The standard InChI is InChI=1S/C30H38BrF2N5O5/c1-4-5-10-42-29(40)38-18-6-7-19(38)14-36(13-18)27-21-25(23(32)22(31)24(33)26(21)41-3)34-28(35-27)43-16-30-9-8-20(15-39)37(30)12-17(2)11-30/h18-20,39H,2,4-16H2,1,3H3/t18?,19?,20-,30-/m0/s1. The van der Waals surface area contributed by atoms with Gasteiger partial charge < -0.3 is 24.2 Å². The van der Waals surface area contributed by atoms with Gasteiger partial charge in [0.05, 0.1) is 47.8 Å². The molecule has 1 N–H and O–H groups in total. The molecule has 4 atom stereocenters. The summed E-state index contributed by atoms with van der Waals surface area (Å²) in [4.78, 5) is 28.1. The Labute approximate surface area is 258 Å². The topological polar surface area (TPSA) is 100 Å². The zero-order valence-corrected chi connectivity index (χ0v) is 26.2. The van der Waals surface area contributed by atoms with E-state index in [1.807, 2.05) is 11.8 Å². The molecule has 0 spiro atoms. The number of fused-ring (bicyclic) bond motifs is 4. The van der Waals surface area contributed by atoms with Crippen molar-refractivity contribution < 1.29 is 32.9 Å². The first kappa shape index (κ1) is 30.3. The molecule has 0 aliphatic carbocycles. The van der Waals surface area contributed by atoms with Gasteiger partial charge in [-0.1, -0.05) is 25.5 Å². The van der Waals surface area contributed by atoms with E-state index >= 15 is 8.78 Å². The number of amides is 1. The van der Waals surface area contributed by atoms with Gasteiger partial charge in [0.2, 0.25) is 0 Å². The van der Waals surface area contributed by atoms with Gasteiger partial charge in [0.1, 0.15) is 17.9 Å². The number of aromatic nitrogens is 2. The summed E-state index contributed by atoms with van der Waals surface area (Å²) in [7, 11) is 1.32. The van der Waals surface area contributed by atoms with Crippen LogP contribution in [-0.2, 0) is 4.74 Å². The molecule has 1 aromatic carbocycles. The fraction of sp³-hybridized carbons (Fsp3) is 0.633. The summed E-state index contributed by atoms with van der Waals surface area (Å²) in [5, 5.41) is 10.0. The van der Waals surface area contributed by atoms with E-state index in [2.05, 4.69) is 32.4 Å². The van der Waals surface area contributed by atoms with Gasteiger partial charge in [-0.2, -0.15) is 9.97 Å². The number of aliphatic hydroxyl groups is 1. The highest BCUT2D eigenvalue weighted by Crippen LogP contribution is 2.46. The van der Waals surface area contributed by atoms with E-state index in [1.165, 1.54) is 7.11 Å². The second-order valence-electron chi connectivity index (χ2n) is 12.1. The van der Waals surface area contributed by atoms with Gasteiger partial charge in [-0.3, -0.25) is 9.80 Å². The van der Waals surface area contributed by atoms with Crippen LogP contribution in [0.5, 0.6) is 11.8 Å². The molecule has 0 radical (unpaired) electrons. The van der Waals surface area contributed by atoms with E-state index in [0.29, 0.717) is 32.1 Å². The molecule has 4 aliphatic heterocycles. The number of carbonyl (C=O) groups is 1. The van der Waals surface area contributed by atoms with Crippen LogP contribution in [-0.4, -0.2) is 101 Å². The molecular weight excluding hydrogens is 628 g/mol. The van der Waals surface area contributed by atoms with Gasteiger partial charge in [-0.25, -0.2) is 13.6 Å². The van der Waals surface area contributed by atoms with Crippen LogP contribution in [0.15, 0.2) is 16.6 Å². The Kier molecular flexibility index (Phi) is 8.42. The predicted octanol–water partition coefficient (Wildman–Crippen LogP) is 4.80. The average Bonchev–Trinajstić information content (AvgIpc) is 3.60. The molecule has 2 bridgehead atoms. The van der Waals surface area contributed by atoms with Gasteiger partial charge in [-0.15, -0.1) is 0 Å². The minimum absolute atomic E-state index is 0.0250. The van der Waals surface area contributed by atoms with Crippen LogP contribution in [0.2, 0.25) is 0 Å². The zero-order valence-electron chi connectivity index (χ0n) is 24.6. The number of hydrogen-bond donors (Lipinski definition) is 1. The van der Waals surface area contributed by atoms with Gasteiger partial charge >= 0.3 is 12.1 Å². The molecule has 0 saturated carbocycles. The van der Waals surface area contributed by atoms with Crippen molar-refractivity contribution in [3.8, 4) is 11.8 Å². The quantitative estimate of drug-likeness (QED) is 0.230. The fourth-order valence-corrected chi connectivity index (χ4v) is 7.78. The van der Waals surface area contributed by atoms with Gasteiger partial charge in [0, 0.05) is 25.7 Å². The van der Waals surface area contributed by atoms with Crippen molar-refractivity contribution in [2.45, 2.75) is 75.5 Å². The molecule has 4 fully saturated rings. The molecular formula is C30H38BrF2N5O5. The third-order valence-electron chi connectivity index (χ3n) is 9.46. The first-order valence-corrected chi connectivity index (χ1v) is 15.8. The highest BCUT2D eigenvalue weighted by molar-refractivity contribution is 9.10. The van der Waals surface area contributed by atoms with Crippen LogP contribution in [0.25, 0.3) is 10.9 Å². The molecule has 13 heteroatoms. The van der Waals surface area contributed by atoms with Crippen molar-refractivity contribution in [3.05, 3.63) is 28.3 Å². The highest BCUT2D eigenvalue weighted by atomic mass is 79.9. The van der Waals surface area contributed by atoms with Crippen molar-refractivity contribution in [1.29, 1.82) is 0 Å². The van der Waals surface area contributed by atoms with E-state index in [9.17, 15) is 9.90 Å². The van der Waals surface area contributed by atoms with Crippen LogP contribution in [0.3, 0.4) is 0 Å². The first-order valence-electron chi connectivity index (χ1n) is 15.0. The molecule has 6 rings (SSSR count). The molecule has 4 aliphatic rings. The largest absolute Gasteiger partial charge is 0.493 e. The van der Waals surface area contributed by atoms with Crippen LogP contribution in [0.1, 0.15) is 51.9 Å². The Balaban J connectivity index is 1.35. The number of ether oxygens (including phenoxy) is 3. The number of halogens is 3. The number of nitrogens with zero attached hydrogens (tertiary/aromatic N) is 5. The normalized spacial score (nSPS) is 26.8. The van der Waals surface area contributed by atoms with Crippen molar-refractivity contribution in [1.82, 2.24) is 19.8 Å². The summed E-state index contributed by atoms with van der Waals surface area (Å²) < 4.78 is 47.8. The van der Waals surface area contributed by atoms with Crippen LogP contribution >= 0.6 is 15.9 Å². The van der Waals surface area contributed by atoms with E-state index < -0.39 is 11.6 Å². The smallest absolute Gasteiger partial charge is 0.410 e. The summed E-state index contributed by atoms with van der Waals surface area (Å²) >= 11 is 3.02. The Hall–Kier alpha value is -2.77. The van der Waals surface area contributed by atoms with Crippen LogP contribution < -0.4 is 14.4 Å². The maximum absolute atomic E-state index is 15.7. The second kappa shape index (κ2) is 12.0. The van der Waals surface area contributed by atoms with Gasteiger partial charge in [-0.05, 0) is 54.5 Å². The summed E-state index contributed by atoms with van der Waals surface area (Å²) in [6, 6.07) is -0.277. The number of aliphatic hydroxyl groups excluding tert-OH is 1. The zero-order chi connectivity index (χ0) is 30.5. The Morgan fingerprint density at radius 1 is 1.19 bits per heavy atom. The fourth-order valence-electron chi connectivity index (χ4n) is 7.41. The Bertz CT molecular complexity index is 1420. The number of hydrogen-bond acceptors (Lipinski definition) is 9. The maximum Gasteiger partial charge on any atom is 0.410 e. The Morgan fingerprint density at radius 2 is 1.93 bits per heavy atom. The van der Waals surface area contributed by atoms with Crippen molar-refractivity contribution in [3.63, 3.8) is 0 Å². The van der Waals surface area contributed by atoms with E-state index in [0.717, 1.165) is 50.5 Å². The highest BCUT2D eigenvalue weighted by Gasteiger charge is 2.51. The molecule has 234 valence electrons. The maximum atomic E-state index is 15.7. The van der Waals surface area contributed by atoms with Crippen LogP contribution in [0, 0.1) is 11.6 Å². The summed E-state index contributed by atoms with van der Waals surface area (Å²) in [6.07, 6.45) is 5.36. The molecule has 10 nitrogen and oxygen atoms in total. The van der Waals surface area contributed by atoms with Crippen molar-refractivity contribution in [2.24, 2.45) is 0 Å². The summed E-state index contributed by atoms with van der Waals surface area (Å²) in [5.41, 5.74) is 0.591. The molecule has 43 heavy (non-hydrogen) atoms. The minimum Gasteiger partial charge on any atom is -0.493 e. The van der Waals surface area contributed by atoms with Crippen LogP contribution in [0.4, 0.5) is 19.4 Å². The first-order chi connectivity index (χ1) is 20.7. The van der Waals surface area contributed by atoms with Gasteiger partial charge in [0.25, 0.3) is 0 Å². The molecule has 5 heterocycles. The lowest BCUT2D eigenvalue weighted by atomic mass is 9.94. The molecule has 1 aromatic heterocycles. The van der Waals surface area contributed by atoms with E-state index in [-0.39, 0.29) is 70.1 Å². The van der Waals surface area contributed by atoms with Gasteiger partial charge in [0.15, 0.2) is 17.4 Å². The third-order valence-corrected chi connectivity index (χ3v) is 10.2. The monoisotopic (exact) mass is 665 g/mol. The molecule has 4 saturated heterocycles. The summed E-state index contributed by atoms with van der Waals surface area (Å²) in [5.74, 6) is -1.63. The molecule has 1 amide bonds. The number of piperazine rings is 1. The minimum atomic E-state index is -0.882. The number of rotatable bonds is 9. The predicted molar refractivity (Wildman–Crippen MR) is 160 cm³/mol. The summed E-state index contributed by atoms with van der Waals surface area (Å²) in [6.45, 7) is 8.37. The number of unbranched alkanes of at least 4 members (excludes halogenated alkanes) is 1. The lowest BCUT2D eigenvalue weighted by Gasteiger charge is -2.41. The molecule has 2 aromatic rings. The van der Waals surface area contributed by atoms with Crippen molar-refractivity contribution in [2.75, 3.05) is 51.5 Å². The third kappa shape index (κ3) is 5.20. The number of benzene rings is 1. The molecule has 2 unspecified atom stereocenters. The average molecular weight is 667 g/mol. The van der Waals surface area contributed by atoms with E-state index in [1.54, 1.807) is 4.90 Å². The lowest BCUT2D eigenvalue weighted by Crippen LogP contribution is -2.56. The SMILES string of the molecule is C=C1CN2[C@H](CO)CC[C@@]2(COc2nc(N3CC4CCC(C3)N4C(=O)OCCCC)c3c(OC)c(F)c(Br)c(F)c3n2)C1. The number of carbonyl (C=O) groups excluding carboxylic acids is 1. The number of anilines is 1. The second-order valence-corrected chi connectivity index (χ2v) is 12.9. The number of methoxy groups -OCH3 is 1. The van der Waals surface area contributed by atoms with E-state index in [4.69, 9.17) is 19.2 Å².